The van der Waals surface area contributed by atoms with Crippen LogP contribution >= 0.6 is 11.3 Å². The van der Waals surface area contributed by atoms with Crippen molar-refractivity contribution in [1.29, 1.82) is 0 Å². The summed E-state index contributed by atoms with van der Waals surface area (Å²) < 4.78 is 1.05. The van der Waals surface area contributed by atoms with Gasteiger partial charge >= 0.3 is 0 Å². The van der Waals surface area contributed by atoms with Crippen molar-refractivity contribution in [3.63, 3.8) is 0 Å². The van der Waals surface area contributed by atoms with Crippen LogP contribution in [0.25, 0.3) is 10.2 Å². The number of thiazole rings is 1. The molecule has 5 nitrogen and oxygen atoms in total. The van der Waals surface area contributed by atoms with E-state index in [0.717, 1.165) is 49.9 Å². The summed E-state index contributed by atoms with van der Waals surface area (Å²) in [4.78, 5) is 17.2. The van der Waals surface area contributed by atoms with Gasteiger partial charge in [-0.3, -0.25) is 10.2 Å². The molecule has 0 saturated carbocycles. The van der Waals surface area contributed by atoms with Gasteiger partial charge in [0.1, 0.15) is 0 Å². The molecule has 6 heteroatoms. The fourth-order valence-electron chi connectivity index (χ4n) is 2.74. The van der Waals surface area contributed by atoms with Gasteiger partial charge in [-0.05, 0) is 63.4 Å². The molecule has 3 rings (SSSR count). The molecule has 0 atom stereocenters. The summed E-state index contributed by atoms with van der Waals surface area (Å²) in [6, 6.07) is 9.58. The first-order valence-corrected chi connectivity index (χ1v) is 9.78. The van der Waals surface area contributed by atoms with Gasteiger partial charge < -0.3 is 5.32 Å². The van der Waals surface area contributed by atoms with Crippen LogP contribution in [0.3, 0.4) is 0 Å². The summed E-state index contributed by atoms with van der Waals surface area (Å²) in [6.45, 7) is 10.1. The first-order chi connectivity index (χ1) is 12.9. The highest BCUT2D eigenvalue weighted by molar-refractivity contribution is 7.22. The van der Waals surface area contributed by atoms with Crippen LogP contribution in [0.15, 0.2) is 35.4 Å². The molecule has 27 heavy (non-hydrogen) atoms. The molecule has 0 radical (unpaired) electrons. The molecule has 2 N–H and O–H groups in total. The molecule has 0 aliphatic rings. The van der Waals surface area contributed by atoms with E-state index in [9.17, 15) is 4.79 Å². The van der Waals surface area contributed by atoms with Crippen LogP contribution < -0.4 is 10.7 Å². The van der Waals surface area contributed by atoms with E-state index in [4.69, 9.17) is 0 Å². The second-order valence-corrected chi connectivity index (χ2v) is 7.69. The fourth-order valence-corrected chi connectivity index (χ4v) is 3.63. The van der Waals surface area contributed by atoms with Gasteiger partial charge in [-0.1, -0.05) is 36.0 Å². The monoisotopic (exact) mass is 380 g/mol. The van der Waals surface area contributed by atoms with Crippen LogP contribution in [0.5, 0.6) is 0 Å². The number of rotatable bonds is 5. The number of nitrogens with zero attached hydrogens (tertiary/aromatic N) is 2. The zero-order valence-corrected chi connectivity index (χ0v) is 17.1. The maximum atomic E-state index is 12.6. The second kappa shape index (κ2) is 7.88. The third kappa shape index (κ3) is 4.17. The molecule has 0 unspecified atom stereocenters. The van der Waals surface area contributed by atoms with Crippen molar-refractivity contribution in [1.82, 2.24) is 4.98 Å². The zero-order chi connectivity index (χ0) is 19.6. The molecule has 0 saturated heterocycles. The number of aryl methyl sites for hydroxylation is 3. The summed E-state index contributed by atoms with van der Waals surface area (Å²) in [5, 5.41) is 8.14. The van der Waals surface area contributed by atoms with E-state index in [1.807, 2.05) is 58.0 Å². The van der Waals surface area contributed by atoms with Crippen LogP contribution in [0, 0.1) is 20.8 Å². The number of aromatic nitrogens is 1. The Hall–Kier alpha value is -2.73. The highest BCUT2D eigenvalue weighted by Gasteiger charge is 2.15. The van der Waals surface area contributed by atoms with Gasteiger partial charge in [0.2, 0.25) is 5.13 Å². The standard InChI is InChI=1S/C21H24N4OS/c1-6-14(4)24-25-21-22-17-11-13(3)18(15(5)19(17)27-21)23-20(26)16-9-7-12(2)8-10-16/h7-11H,6H2,1-5H3,(H,22,25)(H,23,26)/b24-14+. The quantitative estimate of drug-likeness (QED) is 0.442. The van der Waals surface area contributed by atoms with Gasteiger partial charge in [-0.25, -0.2) is 4.98 Å². The number of carbonyl (C=O) groups excluding carboxylic acids is 1. The van der Waals surface area contributed by atoms with E-state index in [1.165, 1.54) is 0 Å². The van der Waals surface area contributed by atoms with Gasteiger partial charge in [-0.2, -0.15) is 5.10 Å². The van der Waals surface area contributed by atoms with E-state index in [0.29, 0.717) is 5.56 Å². The molecular weight excluding hydrogens is 356 g/mol. The predicted octanol–water partition coefficient (Wildman–Crippen LogP) is 5.67. The van der Waals surface area contributed by atoms with Crippen LogP contribution in [-0.2, 0) is 0 Å². The molecule has 0 aliphatic heterocycles. The topological polar surface area (TPSA) is 66.4 Å². The summed E-state index contributed by atoms with van der Waals surface area (Å²) >= 11 is 1.54. The summed E-state index contributed by atoms with van der Waals surface area (Å²) in [7, 11) is 0. The molecule has 1 heterocycles. The van der Waals surface area contributed by atoms with E-state index in [-0.39, 0.29) is 5.91 Å². The maximum absolute atomic E-state index is 12.6. The van der Waals surface area contributed by atoms with Crippen molar-refractivity contribution in [3.05, 3.63) is 52.6 Å². The van der Waals surface area contributed by atoms with Gasteiger partial charge in [0.25, 0.3) is 5.91 Å². The zero-order valence-electron chi connectivity index (χ0n) is 16.3. The van der Waals surface area contributed by atoms with Crippen LogP contribution in [0.1, 0.15) is 47.3 Å². The van der Waals surface area contributed by atoms with Crippen molar-refractivity contribution in [2.24, 2.45) is 5.10 Å². The normalized spacial score (nSPS) is 11.7. The molecule has 0 aliphatic carbocycles. The third-order valence-corrected chi connectivity index (χ3v) is 5.62. The molecule has 2 aromatic carbocycles. The lowest BCUT2D eigenvalue weighted by Crippen LogP contribution is -2.13. The highest BCUT2D eigenvalue weighted by atomic mass is 32.1. The smallest absolute Gasteiger partial charge is 0.255 e. The molecule has 0 spiro atoms. The molecular formula is C21H24N4OS. The largest absolute Gasteiger partial charge is 0.321 e. The Morgan fingerprint density at radius 3 is 2.56 bits per heavy atom. The Bertz CT molecular complexity index is 1020. The number of anilines is 2. The van der Waals surface area contributed by atoms with Crippen molar-refractivity contribution in [3.8, 4) is 0 Å². The molecule has 1 amide bonds. The Morgan fingerprint density at radius 2 is 1.89 bits per heavy atom. The Morgan fingerprint density at radius 1 is 1.19 bits per heavy atom. The SMILES string of the molecule is CC/C(C)=N/Nc1nc2cc(C)c(NC(=O)c3ccc(C)cc3)c(C)c2s1. The van der Waals surface area contributed by atoms with Crippen molar-refractivity contribution in [2.75, 3.05) is 10.7 Å². The predicted molar refractivity (Wildman–Crippen MR) is 115 cm³/mol. The first kappa shape index (κ1) is 19.0. The third-order valence-electron chi connectivity index (χ3n) is 4.52. The van der Waals surface area contributed by atoms with Crippen molar-refractivity contribution in [2.45, 2.75) is 41.0 Å². The lowest BCUT2D eigenvalue weighted by atomic mass is 10.1. The number of carbonyl (C=O) groups is 1. The summed E-state index contributed by atoms with van der Waals surface area (Å²) in [6.07, 6.45) is 0.894. The minimum Gasteiger partial charge on any atom is -0.321 e. The molecule has 0 fully saturated rings. The minimum absolute atomic E-state index is 0.105. The van der Waals surface area contributed by atoms with E-state index in [1.54, 1.807) is 11.3 Å². The summed E-state index contributed by atoms with van der Waals surface area (Å²) in [5.41, 5.74) is 9.60. The second-order valence-electron chi connectivity index (χ2n) is 6.69. The lowest BCUT2D eigenvalue weighted by Gasteiger charge is -2.12. The van der Waals surface area contributed by atoms with Gasteiger partial charge in [0, 0.05) is 17.0 Å². The molecule has 140 valence electrons. The maximum Gasteiger partial charge on any atom is 0.255 e. The Labute approximate surface area is 163 Å². The van der Waals surface area contributed by atoms with Gasteiger partial charge in [0.05, 0.1) is 10.2 Å². The number of hydrogen-bond acceptors (Lipinski definition) is 5. The average Bonchev–Trinajstić information content (AvgIpc) is 3.06. The molecule has 0 bridgehead atoms. The van der Waals surface area contributed by atoms with Gasteiger partial charge in [0.15, 0.2) is 0 Å². The number of fused-ring (bicyclic) bond motifs is 1. The fraction of sp³-hybridized carbons (Fsp3) is 0.286. The van der Waals surface area contributed by atoms with E-state index in [2.05, 4.69) is 27.8 Å². The minimum atomic E-state index is -0.105. The Balaban J connectivity index is 1.91. The van der Waals surface area contributed by atoms with E-state index < -0.39 is 0 Å². The Kier molecular flexibility index (Phi) is 5.56. The average molecular weight is 381 g/mol. The molecule has 3 aromatic rings. The highest BCUT2D eigenvalue weighted by Crippen LogP contribution is 2.35. The van der Waals surface area contributed by atoms with Crippen molar-refractivity contribution >= 4 is 44.0 Å². The number of hydrogen-bond donors (Lipinski definition) is 2. The number of hydrazone groups is 1. The number of amides is 1. The summed E-state index contributed by atoms with van der Waals surface area (Å²) in [5.74, 6) is -0.105. The van der Waals surface area contributed by atoms with E-state index >= 15 is 0 Å². The van der Waals surface area contributed by atoms with Crippen LogP contribution in [0.2, 0.25) is 0 Å². The number of nitrogens with one attached hydrogen (secondary N) is 2. The van der Waals surface area contributed by atoms with Crippen LogP contribution in [-0.4, -0.2) is 16.6 Å². The van der Waals surface area contributed by atoms with Crippen molar-refractivity contribution < 1.29 is 4.79 Å². The first-order valence-electron chi connectivity index (χ1n) is 8.97. The lowest BCUT2D eigenvalue weighted by molar-refractivity contribution is 0.102. The number of benzene rings is 2. The molecule has 1 aromatic heterocycles. The van der Waals surface area contributed by atoms with Crippen LogP contribution in [0.4, 0.5) is 10.8 Å². The van der Waals surface area contributed by atoms with Gasteiger partial charge in [-0.15, -0.1) is 0 Å².